The summed E-state index contributed by atoms with van der Waals surface area (Å²) >= 11 is 0. The highest BCUT2D eigenvalue weighted by Crippen LogP contribution is 2.20. The molecule has 0 aliphatic carbocycles. The molecule has 0 saturated carbocycles. The van der Waals surface area contributed by atoms with E-state index in [0.717, 1.165) is 0 Å². The number of ether oxygens (including phenoxy) is 2. The van der Waals surface area contributed by atoms with E-state index in [1.165, 1.54) is 31.4 Å². The molecule has 0 spiro atoms. The van der Waals surface area contributed by atoms with Crippen LogP contribution in [0.15, 0.2) is 24.3 Å². The monoisotopic (exact) mass is 338 g/mol. The Kier molecular flexibility index (Phi) is 8.08. The molecule has 1 aromatic rings. The molecule has 0 bridgehead atoms. The summed E-state index contributed by atoms with van der Waals surface area (Å²) in [7, 11) is 1.25. The minimum Gasteiger partial charge on any atom is -0.469 e. The summed E-state index contributed by atoms with van der Waals surface area (Å²) in [5.41, 5.74) is 0.756. The van der Waals surface area contributed by atoms with Gasteiger partial charge in [0.15, 0.2) is 5.78 Å². The van der Waals surface area contributed by atoms with Crippen LogP contribution in [-0.2, 0) is 19.1 Å². The van der Waals surface area contributed by atoms with Crippen molar-refractivity contribution in [2.24, 2.45) is 0 Å². The lowest BCUT2D eigenvalue weighted by Crippen LogP contribution is -2.23. The molecule has 0 amide bonds. The molecule has 0 radical (unpaired) electrons. The highest BCUT2D eigenvalue weighted by atomic mass is 16.5. The molecule has 0 aliphatic heterocycles. The number of methoxy groups -OCH3 is 1. The first-order chi connectivity index (χ1) is 11.4. The number of benzene rings is 1. The van der Waals surface area contributed by atoms with Crippen molar-refractivity contribution in [3.05, 3.63) is 35.4 Å². The Morgan fingerprint density at radius 1 is 1.04 bits per heavy atom. The van der Waals surface area contributed by atoms with Crippen molar-refractivity contribution in [2.75, 3.05) is 13.7 Å². The first-order valence-corrected chi connectivity index (χ1v) is 7.60. The second kappa shape index (κ2) is 9.79. The first kappa shape index (κ1) is 19.8. The van der Waals surface area contributed by atoms with Gasteiger partial charge < -0.3 is 19.7 Å². The molecule has 7 heteroatoms. The zero-order valence-corrected chi connectivity index (χ0v) is 13.7. The van der Waals surface area contributed by atoms with Crippen LogP contribution in [-0.4, -0.2) is 47.8 Å². The number of carbonyl (C=O) groups is 3. The van der Waals surface area contributed by atoms with Gasteiger partial charge in [-0.3, -0.25) is 14.4 Å². The predicted molar refractivity (Wildman–Crippen MR) is 84.2 cm³/mol. The second-order valence-corrected chi connectivity index (χ2v) is 5.14. The SMILES string of the molecule is CCOC(=O)CC(O)C(O)c1ccc(C(=O)CCC(=O)OC)cc1. The molecule has 0 aliphatic rings. The summed E-state index contributed by atoms with van der Waals surface area (Å²) in [6.45, 7) is 1.85. The van der Waals surface area contributed by atoms with Gasteiger partial charge in [0.2, 0.25) is 0 Å². The van der Waals surface area contributed by atoms with Crippen LogP contribution < -0.4 is 0 Å². The minimum atomic E-state index is -1.30. The molecular weight excluding hydrogens is 316 g/mol. The Bertz CT molecular complexity index is 565. The normalized spacial score (nSPS) is 13.0. The number of esters is 2. The number of hydrogen-bond donors (Lipinski definition) is 2. The molecule has 2 N–H and O–H groups in total. The highest BCUT2D eigenvalue weighted by Gasteiger charge is 2.22. The number of hydrogen-bond acceptors (Lipinski definition) is 7. The molecule has 0 aromatic heterocycles. The average Bonchev–Trinajstić information content (AvgIpc) is 2.58. The maximum Gasteiger partial charge on any atom is 0.308 e. The minimum absolute atomic E-state index is 0.00202. The van der Waals surface area contributed by atoms with E-state index in [4.69, 9.17) is 4.74 Å². The number of rotatable bonds is 9. The molecule has 132 valence electrons. The summed E-state index contributed by atoms with van der Waals surface area (Å²) in [6, 6.07) is 5.97. The van der Waals surface area contributed by atoms with Crippen molar-refractivity contribution in [3.8, 4) is 0 Å². The Labute approximate surface area is 140 Å². The number of aliphatic hydroxyl groups excluding tert-OH is 2. The van der Waals surface area contributed by atoms with Gasteiger partial charge in [0.05, 0.1) is 32.7 Å². The van der Waals surface area contributed by atoms with E-state index < -0.39 is 24.1 Å². The summed E-state index contributed by atoms with van der Waals surface area (Å²) in [5.74, 6) is -1.29. The van der Waals surface area contributed by atoms with Crippen LogP contribution in [0.3, 0.4) is 0 Å². The van der Waals surface area contributed by atoms with Crippen LogP contribution in [0.2, 0.25) is 0 Å². The van der Waals surface area contributed by atoms with Crippen molar-refractivity contribution < 1.29 is 34.1 Å². The van der Waals surface area contributed by atoms with Gasteiger partial charge in [-0.1, -0.05) is 24.3 Å². The third-order valence-corrected chi connectivity index (χ3v) is 3.40. The smallest absolute Gasteiger partial charge is 0.308 e. The van der Waals surface area contributed by atoms with Gasteiger partial charge in [0.25, 0.3) is 0 Å². The van der Waals surface area contributed by atoms with E-state index in [0.29, 0.717) is 11.1 Å². The molecule has 1 rings (SSSR count). The Balaban J connectivity index is 2.64. The fourth-order valence-corrected chi connectivity index (χ4v) is 2.05. The largest absolute Gasteiger partial charge is 0.469 e. The maximum atomic E-state index is 11.9. The van der Waals surface area contributed by atoms with E-state index >= 15 is 0 Å². The summed E-state index contributed by atoms with van der Waals surface area (Å²) < 4.78 is 9.18. The number of carbonyl (C=O) groups excluding carboxylic acids is 3. The number of ketones is 1. The fraction of sp³-hybridized carbons (Fsp3) is 0.471. The molecule has 1 aromatic carbocycles. The summed E-state index contributed by atoms with van der Waals surface area (Å²) in [6.07, 6.45) is -2.87. The second-order valence-electron chi connectivity index (χ2n) is 5.14. The van der Waals surface area contributed by atoms with Crippen LogP contribution in [0, 0.1) is 0 Å². The van der Waals surface area contributed by atoms with Crippen LogP contribution in [0.1, 0.15) is 48.2 Å². The molecular formula is C17H22O7. The van der Waals surface area contributed by atoms with Crippen LogP contribution in [0.5, 0.6) is 0 Å². The molecule has 7 nitrogen and oxygen atoms in total. The predicted octanol–water partition coefficient (Wildman–Crippen LogP) is 1.17. The lowest BCUT2D eigenvalue weighted by atomic mass is 9.99. The van der Waals surface area contributed by atoms with Gasteiger partial charge in [-0.05, 0) is 12.5 Å². The Hall–Kier alpha value is -2.25. The van der Waals surface area contributed by atoms with E-state index in [9.17, 15) is 24.6 Å². The number of aliphatic hydroxyl groups is 2. The van der Waals surface area contributed by atoms with E-state index in [-0.39, 0.29) is 31.7 Å². The zero-order valence-electron chi connectivity index (χ0n) is 13.7. The Morgan fingerprint density at radius 2 is 1.67 bits per heavy atom. The maximum absolute atomic E-state index is 11.9. The third-order valence-electron chi connectivity index (χ3n) is 3.40. The third kappa shape index (κ3) is 6.10. The molecule has 2 unspecified atom stereocenters. The fourth-order valence-electron chi connectivity index (χ4n) is 2.05. The van der Waals surface area contributed by atoms with Crippen LogP contribution in [0.25, 0.3) is 0 Å². The van der Waals surface area contributed by atoms with Crippen molar-refractivity contribution in [1.29, 1.82) is 0 Å². The van der Waals surface area contributed by atoms with Crippen molar-refractivity contribution in [2.45, 2.75) is 38.4 Å². The van der Waals surface area contributed by atoms with Gasteiger partial charge in [-0.15, -0.1) is 0 Å². The van der Waals surface area contributed by atoms with E-state index in [2.05, 4.69) is 4.74 Å². The first-order valence-electron chi connectivity index (χ1n) is 7.60. The molecule has 0 saturated heterocycles. The zero-order chi connectivity index (χ0) is 18.1. The topological polar surface area (TPSA) is 110 Å². The van der Waals surface area contributed by atoms with Crippen molar-refractivity contribution in [3.63, 3.8) is 0 Å². The van der Waals surface area contributed by atoms with Crippen molar-refractivity contribution in [1.82, 2.24) is 0 Å². The average molecular weight is 338 g/mol. The standard InChI is InChI=1S/C17H22O7/c1-3-24-16(21)10-14(19)17(22)12-6-4-11(5-7-12)13(18)8-9-15(20)23-2/h4-7,14,17,19,22H,3,8-10H2,1-2H3. The molecule has 0 fully saturated rings. The van der Waals surface area contributed by atoms with Crippen molar-refractivity contribution >= 4 is 17.7 Å². The highest BCUT2D eigenvalue weighted by molar-refractivity contribution is 5.97. The van der Waals surface area contributed by atoms with Gasteiger partial charge in [-0.2, -0.15) is 0 Å². The quantitative estimate of drug-likeness (QED) is 0.513. The van der Waals surface area contributed by atoms with Gasteiger partial charge in [-0.25, -0.2) is 0 Å². The van der Waals surface area contributed by atoms with E-state index in [1.807, 2.05) is 0 Å². The van der Waals surface area contributed by atoms with Crippen LogP contribution in [0.4, 0.5) is 0 Å². The molecule has 2 atom stereocenters. The Morgan fingerprint density at radius 3 is 2.21 bits per heavy atom. The lowest BCUT2D eigenvalue weighted by molar-refractivity contribution is -0.147. The molecule has 0 heterocycles. The van der Waals surface area contributed by atoms with Gasteiger partial charge in [0.1, 0.15) is 6.10 Å². The van der Waals surface area contributed by atoms with Gasteiger partial charge in [0, 0.05) is 12.0 Å². The van der Waals surface area contributed by atoms with Crippen LogP contribution >= 0.6 is 0 Å². The van der Waals surface area contributed by atoms with E-state index in [1.54, 1.807) is 6.92 Å². The summed E-state index contributed by atoms with van der Waals surface area (Å²) in [4.78, 5) is 34.3. The molecule has 24 heavy (non-hydrogen) atoms. The lowest BCUT2D eigenvalue weighted by Gasteiger charge is -2.17. The summed E-state index contributed by atoms with van der Waals surface area (Å²) in [5, 5.41) is 19.9. The van der Waals surface area contributed by atoms with Gasteiger partial charge >= 0.3 is 11.9 Å². The number of Topliss-reactive ketones (excluding diaryl/α,β-unsaturated/α-hetero) is 1.